The summed E-state index contributed by atoms with van der Waals surface area (Å²) in [5.41, 5.74) is 3.39. The number of carboxylic acids is 1. The number of carbonyl (C=O) groups is 1. The molecule has 2 aromatic heterocycles. The van der Waals surface area contributed by atoms with Crippen molar-refractivity contribution in [3.63, 3.8) is 0 Å². The zero-order chi connectivity index (χ0) is 15.1. The van der Waals surface area contributed by atoms with Crippen LogP contribution in [0.15, 0.2) is 43.0 Å². The Labute approximate surface area is 126 Å². The molecule has 0 bridgehead atoms. The molecule has 1 saturated carbocycles. The van der Waals surface area contributed by atoms with E-state index in [1.807, 2.05) is 22.8 Å². The fourth-order valence-electron chi connectivity index (χ4n) is 2.84. The van der Waals surface area contributed by atoms with Gasteiger partial charge in [0.05, 0.1) is 24.5 Å². The number of nitrogens with zero attached hydrogens (tertiary/aromatic N) is 4. The van der Waals surface area contributed by atoms with Gasteiger partial charge >= 0.3 is 5.97 Å². The number of benzene rings is 1. The second-order valence-electron chi connectivity index (χ2n) is 5.58. The summed E-state index contributed by atoms with van der Waals surface area (Å²) in [6.45, 7) is 0.681. The van der Waals surface area contributed by atoms with E-state index in [1.54, 1.807) is 6.33 Å². The Balaban J connectivity index is 1.70. The van der Waals surface area contributed by atoms with Crippen molar-refractivity contribution in [1.82, 2.24) is 19.5 Å². The number of aliphatic carboxylic acids is 1. The molecule has 6 nitrogen and oxygen atoms in total. The van der Waals surface area contributed by atoms with Gasteiger partial charge in [-0.15, -0.1) is 0 Å². The summed E-state index contributed by atoms with van der Waals surface area (Å²) in [5, 5.41) is 9.09. The smallest absolute Gasteiger partial charge is 0.307 e. The molecule has 3 aromatic rings. The highest BCUT2D eigenvalue weighted by molar-refractivity contribution is 5.79. The molecule has 110 valence electrons. The van der Waals surface area contributed by atoms with E-state index in [4.69, 9.17) is 5.11 Å². The maximum atomic E-state index is 11.1. The molecule has 0 aliphatic heterocycles. The van der Waals surface area contributed by atoms with Crippen LogP contribution in [0.4, 0.5) is 0 Å². The van der Waals surface area contributed by atoms with Gasteiger partial charge < -0.3 is 9.67 Å². The van der Waals surface area contributed by atoms with Crippen molar-refractivity contribution in [3.8, 4) is 0 Å². The molecule has 0 saturated heterocycles. The van der Waals surface area contributed by atoms with Gasteiger partial charge in [0, 0.05) is 5.92 Å². The first-order chi connectivity index (χ1) is 10.7. The van der Waals surface area contributed by atoms with Crippen LogP contribution in [0.5, 0.6) is 0 Å². The van der Waals surface area contributed by atoms with Crippen molar-refractivity contribution in [2.24, 2.45) is 5.92 Å². The summed E-state index contributed by atoms with van der Waals surface area (Å²) in [5.74, 6) is -1.14. The van der Waals surface area contributed by atoms with E-state index in [2.05, 4.69) is 27.1 Å². The molecule has 0 unspecified atom stereocenters. The fourth-order valence-corrected chi connectivity index (χ4v) is 2.84. The number of fused-ring (bicyclic) bond motifs is 1. The summed E-state index contributed by atoms with van der Waals surface area (Å²) in [6.07, 6.45) is 3.87. The Morgan fingerprint density at radius 2 is 2.05 bits per heavy atom. The molecular weight excluding hydrogens is 280 g/mol. The normalized spacial score (nSPS) is 20.2. The third-order valence-corrected chi connectivity index (χ3v) is 4.08. The highest BCUT2D eigenvalue weighted by Gasteiger charge is 2.46. The molecule has 2 atom stereocenters. The Morgan fingerprint density at radius 1 is 1.23 bits per heavy atom. The lowest BCUT2D eigenvalue weighted by Crippen LogP contribution is -2.02. The van der Waals surface area contributed by atoms with Crippen LogP contribution in [0.3, 0.4) is 0 Å². The lowest BCUT2D eigenvalue weighted by Gasteiger charge is -2.04. The van der Waals surface area contributed by atoms with Gasteiger partial charge in [0.1, 0.15) is 11.8 Å². The quantitative estimate of drug-likeness (QED) is 0.796. The molecule has 2 heterocycles. The van der Waals surface area contributed by atoms with Crippen LogP contribution in [-0.4, -0.2) is 30.6 Å². The molecule has 0 spiro atoms. The number of hydrogen-bond acceptors (Lipinski definition) is 4. The zero-order valence-electron chi connectivity index (χ0n) is 11.8. The molecule has 1 aliphatic rings. The van der Waals surface area contributed by atoms with E-state index in [1.165, 1.54) is 6.33 Å². The van der Waals surface area contributed by atoms with Gasteiger partial charge in [-0.25, -0.2) is 15.0 Å². The average Bonchev–Trinajstić information content (AvgIpc) is 3.24. The van der Waals surface area contributed by atoms with Crippen LogP contribution < -0.4 is 0 Å². The standard InChI is InChI=1S/C16H14N4O2/c21-16(22)12-6-11(12)13-14-15(18-8-17-13)20(9-19-14)7-10-4-2-1-3-5-10/h1-5,8-9,11-12H,6-7H2,(H,21,22)/t11-,12-/m0/s1. The van der Waals surface area contributed by atoms with Crippen LogP contribution in [0.25, 0.3) is 11.2 Å². The van der Waals surface area contributed by atoms with E-state index < -0.39 is 5.97 Å². The minimum Gasteiger partial charge on any atom is -0.481 e. The van der Waals surface area contributed by atoms with E-state index in [0.29, 0.717) is 18.5 Å². The fraction of sp³-hybridized carbons (Fsp3) is 0.250. The molecule has 6 heteroatoms. The second-order valence-corrected chi connectivity index (χ2v) is 5.58. The van der Waals surface area contributed by atoms with Crippen molar-refractivity contribution in [3.05, 3.63) is 54.2 Å². The van der Waals surface area contributed by atoms with Crippen molar-refractivity contribution in [1.29, 1.82) is 0 Å². The summed E-state index contributed by atoms with van der Waals surface area (Å²) in [6, 6.07) is 10.1. The van der Waals surface area contributed by atoms with Crippen LogP contribution in [0.2, 0.25) is 0 Å². The zero-order valence-corrected chi connectivity index (χ0v) is 11.8. The third-order valence-electron chi connectivity index (χ3n) is 4.08. The van der Waals surface area contributed by atoms with E-state index in [0.717, 1.165) is 16.9 Å². The molecular formula is C16H14N4O2. The molecule has 4 rings (SSSR count). The first kappa shape index (κ1) is 12.9. The largest absolute Gasteiger partial charge is 0.481 e. The monoisotopic (exact) mass is 294 g/mol. The highest BCUT2D eigenvalue weighted by atomic mass is 16.4. The van der Waals surface area contributed by atoms with Gasteiger partial charge in [-0.05, 0) is 12.0 Å². The average molecular weight is 294 g/mol. The molecule has 22 heavy (non-hydrogen) atoms. The summed E-state index contributed by atoms with van der Waals surface area (Å²) in [7, 11) is 0. The second kappa shape index (κ2) is 4.91. The lowest BCUT2D eigenvalue weighted by molar-refractivity contribution is -0.138. The van der Waals surface area contributed by atoms with Gasteiger partial charge in [0.2, 0.25) is 0 Å². The van der Waals surface area contributed by atoms with Gasteiger partial charge in [-0.1, -0.05) is 30.3 Å². The van der Waals surface area contributed by atoms with Gasteiger partial charge in [-0.3, -0.25) is 4.79 Å². The number of hydrogen-bond donors (Lipinski definition) is 1. The van der Waals surface area contributed by atoms with Crippen LogP contribution in [-0.2, 0) is 11.3 Å². The topological polar surface area (TPSA) is 80.9 Å². The molecule has 1 fully saturated rings. The highest BCUT2D eigenvalue weighted by Crippen LogP contribution is 2.48. The number of carboxylic acid groups (broad SMARTS) is 1. The first-order valence-corrected chi connectivity index (χ1v) is 7.16. The first-order valence-electron chi connectivity index (χ1n) is 7.16. The minimum absolute atomic E-state index is 0.0388. The van der Waals surface area contributed by atoms with Crippen molar-refractivity contribution >= 4 is 17.1 Å². The van der Waals surface area contributed by atoms with E-state index >= 15 is 0 Å². The number of imidazole rings is 1. The predicted molar refractivity (Wildman–Crippen MR) is 79.4 cm³/mol. The maximum absolute atomic E-state index is 11.1. The Hall–Kier alpha value is -2.76. The Morgan fingerprint density at radius 3 is 2.77 bits per heavy atom. The molecule has 0 amide bonds. The minimum atomic E-state index is -0.763. The molecule has 0 radical (unpaired) electrons. The Kier molecular flexibility index (Phi) is 2.89. The van der Waals surface area contributed by atoms with Crippen LogP contribution in [0.1, 0.15) is 23.6 Å². The SMILES string of the molecule is O=C(O)[C@H]1C[C@@H]1c1ncnc2c1ncn2Cc1ccccc1. The summed E-state index contributed by atoms with van der Waals surface area (Å²) in [4.78, 5) is 24.1. The van der Waals surface area contributed by atoms with E-state index in [9.17, 15) is 4.79 Å². The number of rotatable bonds is 4. The van der Waals surface area contributed by atoms with E-state index in [-0.39, 0.29) is 11.8 Å². The molecule has 1 aromatic carbocycles. The van der Waals surface area contributed by atoms with Crippen molar-refractivity contribution < 1.29 is 9.90 Å². The summed E-state index contributed by atoms with van der Waals surface area (Å²) >= 11 is 0. The van der Waals surface area contributed by atoms with Gasteiger partial charge in [0.25, 0.3) is 0 Å². The maximum Gasteiger partial charge on any atom is 0.307 e. The van der Waals surface area contributed by atoms with Gasteiger partial charge in [-0.2, -0.15) is 0 Å². The van der Waals surface area contributed by atoms with Crippen molar-refractivity contribution in [2.45, 2.75) is 18.9 Å². The van der Waals surface area contributed by atoms with Gasteiger partial charge in [0.15, 0.2) is 5.65 Å². The molecule has 1 aliphatic carbocycles. The predicted octanol–water partition coefficient (Wildman–Crippen LogP) is 2.06. The molecule has 1 N–H and O–H groups in total. The van der Waals surface area contributed by atoms with Crippen LogP contribution in [0, 0.1) is 5.92 Å². The third kappa shape index (κ3) is 2.13. The van der Waals surface area contributed by atoms with Crippen LogP contribution >= 0.6 is 0 Å². The van der Waals surface area contributed by atoms with Crippen molar-refractivity contribution in [2.75, 3.05) is 0 Å². The lowest BCUT2D eigenvalue weighted by atomic mass is 10.2. The summed E-state index contributed by atoms with van der Waals surface area (Å²) < 4.78 is 1.97. The number of aromatic nitrogens is 4. The Bertz CT molecular complexity index is 844.